The topological polar surface area (TPSA) is 63.6 Å². The van der Waals surface area contributed by atoms with Gasteiger partial charge in [-0.2, -0.15) is 0 Å². The maximum Gasteiger partial charge on any atom is 0.336 e. The van der Waals surface area contributed by atoms with Crippen molar-refractivity contribution in [3.8, 4) is 5.75 Å². The Balaban J connectivity index is 2.26. The van der Waals surface area contributed by atoms with Crippen molar-refractivity contribution in [2.24, 2.45) is 0 Å². The molecule has 21 heavy (non-hydrogen) atoms. The zero-order valence-corrected chi connectivity index (χ0v) is 11.7. The van der Waals surface area contributed by atoms with Gasteiger partial charge in [-0.3, -0.25) is 4.79 Å². The largest absolute Gasteiger partial charge is 0.494 e. The molecular formula is C17H16O4. The van der Waals surface area contributed by atoms with E-state index in [4.69, 9.17) is 9.84 Å². The van der Waals surface area contributed by atoms with E-state index in [-0.39, 0.29) is 16.9 Å². The molecule has 0 unspecified atom stereocenters. The third-order valence-corrected chi connectivity index (χ3v) is 2.99. The molecule has 0 aliphatic carbocycles. The second kappa shape index (κ2) is 6.70. The van der Waals surface area contributed by atoms with Crippen molar-refractivity contribution in [2.75, 3.05) is 6.61 Å². The van der Waals surface area contributed by atoms with E-state index in [1.165, 1.54) is 12.1 Å². The van der Waals surface area contributed by atoms with Crippen molar-refractivity contribution in [1.29, 1.82) is 0 Å². The van der Waals surface area contributed by atoms with E-state index in [0.29, 0.717) is 17.9 Å². The standard InChI is InChI=1S/C17H16O4/c1-2-11-21-13-9-7-12(8-10-13)16(18)14-5-3-4-6-15(14)17(19)20/h3-10H,2,11H2,1H3,(H,19,20). The zero-order chi connectivity index (χ0) is 15.2. The number of carbonyl (C=O) groups excluding carboxylic acids is 1. The number of ether oxygens (including phenoxy) is 1. The van der Waals surface area contributed by atoms with Gasteiger partial charge in [0.15, 0.2) is 5.78 Å². The molecule has 0 atom stereocenters. The molecule has 0 heterocycles. The van der Waals surface area contributed by atoms with Crippen LogP contribution in [0.5, 0.6) is 5.75 Å². The lowest BCUT2D eigenvalue weighted by Gasteiger charge is -2.07. The Kier molecular flexibility index (Phi) is 4.72. The highest BCUT2D eigenvalue weighted by atomic mass is 16.5. The lowest BCUT2D eigenvalue weighted by molar-refractivity contribution is 0.0693. The fourth-order valence-corrected chi connectivity index (χ4v) is 1.95. The van der Waals surface area contributed by atoms with Gasteiger partial charge in [0, 0.05) is 11.1 Å². The van der Waals surface area contributed by atoms with Crippen molar-refractivity contribution in [2.45, 2.75) is 13.3 Å². The quantitative estimate of drug-likeness (QED) is 0.826. The molecule has 0 aliphatic heterocycles. The molecule has 0 saturated heterocycles. The van der Waals surface area contributed by atoms with Crippen LogP contribution in [0.4, 0.5) is 0 Å². The molecule has 0 aliphatic rings. The summed E-state index contributed by atoms with van der Waals surface area (Å²) in [7, 11) is 0. The summed E-state index contributed by atoms with van der Waals surface area (Å²) < 4.78 is 5.45. The Morgan fingerprint density at radius 3 is 2.19 bits per heavy atom. The summed E-state index contributed by atoms with van der Waals surface area (Å²) >= 11 is 0. The Hall–Kier alpha value is -2.62. The lowest BCUT2D eigenvalue weighted by Crippen LogP contribution is -2.09. The van der Waals surface area contributed by atoms with Crippen LogP contribution in [0, 0.1) is 0 Å². The number of hydrogen-bond donors (Lipinski definition) is 1. The van der Waals surface area contributed by atoms with Crippen molar-refractivity contribution < 1.29 is 19.4 Å². The van der Waals surface area contributed by atoms with E-state index in [9.17, 15) is 9.59 Å². The number of aromatic carboxylic acids is 1. The van der Waals surface area contributed by atoms with Crippen LogP contribution in [-0.4, -0.2) is 23.5 Å². The van der Waals surface area contributed by atoms with Crippen molar-refractivity contribution in [3.63, 3.8) is 0 Å². The third-order valence-electron chi connectivity index (χ3n) is 2.99. The molecule has 2 rings (SSSR count). The summed E-state index contributed by atoms with van der Waals surface area (Å²) in [5.74, 6) is -0.725. The molecule has 0 amide bonds. The summed E-state index contributed by atoms with van der Waals surface area (Å²) in [6, 6.07) is 12.9. The zero-order valence-electron chi connectivity index (χ0n) is 11.7. The van der Waals surface area contributed by atoms with E-state index >= 15 is 0 Å². The maximum absolute atomic E-state index is 12.4. The van der Waals surface area contributed by atoms with E-state index in [2.05, 4.69) is 0 Å². The molecule has 1 N–H and O–H groups in total. The number of carbonyl (C=O) groups is 2. The van der Waals surface area contributed by atoms with E-state index in [1.807, 2.05) is 6.92 Å². The second-order valence-corrected chi connectivity index (χ2v) is 4.55. The molecule has 4 nitrogen and oxygen atoms in total. The van der Waals surface area contributed by atoms with Gasteiger partial charge in [0.05, 0.1) is 12.2 Å². The summed E-state index contributed by atoms with van der Waals surface area (Å²) in [4.78, 5) is 23.6. The first kappa shape index (κ1) is 14.8. The van der Waals surface area contributed by atoms with Gasteiger partial charge in [0.25, 0.3) is 0 Å². The average molecular weight is 284 g/mol. The van der Waals surface area contributed by atoms with Gasteiger partial charge in [0.1, 0.15) is 5.75 Å². The molecule has 0 aromatic heterocycles. The molecule has 0 bridgehead atoms. The van der Waals surface area contributed by atoms with E-state index in [0.717, 1.165) is 6.42 Å². The van der Waals surface area contributed by atoms with Crippen LogP contribution in [0.3, 0.4) is 0 Å². The number of hydrogen-bond acceptors (Lipinski definition) is 3. The van der Waals surface area contributed by atoms with Gasteiger partial charge < -0.3 is 9.84 Å². The monoisotopic (exact) mass is 284 g/mol. The minimum Gasteiger partial charge on any atom is -0.494 e. The number of benzene rings is 2. The molecule has 0 fully saturated rings. The summed E-state index contributed by atoms with van der Waals surface area (Å²) in [6.45, 7) is 2.63. The summed E-state index contributed by atoms with van der Waals surface area (Å²) in [5.41, 5.74) is 0.633. The summed E-state index contributed by atoms with van der Waals surface area (Å²) in [5, 5.41) is 9.13. The van der Waals surface area contributed by atoms with Crippen molar-refractivity contribution in [3.05, 3.63) is 65.2 Å². The molecule has 0 spiro atoms. The Bertz CT molecular complexity index is 644. The minimum absolute atomic E-state index is 0.00816. The van der Waals surface area contributed by atoms with Gasteiger partial charge in [-0.15, -0.1) is 0 Å². The smallest absolute Gasteiger partial charge is 0.336 e. The first-order valence-electron chi connectivity index (χ1n) is 6.73. The number of carboxylic acid groups (broad SMARTS) is 1. The Morgan fingerprint density at radius 2 is 1.62 bits per heavy atom. The van der Waals surface area contributed by atoms with Gasteiger partial charge >= 0.3 is 5.97 Å². The van der Waals surface area contributed by atoms with Crippen LogP contribution in [0.25, 0.3) is 0 Å². The molecular weight excluding hydrogens is 268 g/mol. The molecule has 0 saturated carbocycles. The van der Waals surface area contributed by atoms with Gasteiger partial charge in [0.2, 0.25) is 0 Å². The maximum atomic E-state index is 12.4. The SMILES string of the molecule is CCCOc1ccc(C(=O)c2ccccc2C(=O)O)cc1. The van der Waals surface area contributed by atoms with Crippen LogP contribution in [0.15, 0.2) is 48.5 Å². The molecule has 2 aromatic carbocycles. The first-order valence-corrected chi connectivity index (χ1v) is 6.73. The van der Waals surface area contributed by atoms with E-state index in [1.54, 1.807) is 36.4 Å². The van der Waals surface area contributed by atoms with Crippen LogP contribution in [0.1, 0.15) is 39.6 Å². The Labute approximate surface area is 123 Å². The lowest BCUT2D eigenvalue weighted by atomic mass is 9.98. The first-order chi connectivity index (χ1) is 10.1. The second-order valence-electron chi connectivity index (χ2n) is 4.55. The molecule has 108 valence electrons. The fourth-order valence-electron chi connectivity index (χ4n) is 1.95. The van der Waals surface area contributed by atoms with E-state index < -0.39 is 5.97 Å². The normalized spacial score (nSPS) is 10.1. The predicted molar refractivity (Wildman–Crippen MR) is 79.1 cm³/mol. The fraction of sp³-hybridized carbons (Fsp3) is 0.176. The van der Waals surface area contributed by atoms with Gasteiger partial charge in [-0.1, -0.05) is 25.1 Å². The third kappa shape index (κ3) is 3.48. The van der Waals surface area contributed by atoms with Crippen LogP contribution < -0.4 is 4.74 Å². The Morgan fingerprint density at radius 1 is 1.00 bits per heavy atom. The van der Waals surface area contributed by atoms with Gasteiger partial charge in [-0.05, 0) is 36.8 Å². The highest BCUT2D eigenvalue weighted by Crippen LogP contribution is 2.18. The highest BCUT2D eigenvalue weighted by molar-refractivity contribution is 6.14. The number of ketones is 1. The van der Waals surface area contributed by atoms with Crippen molar-refractivity contribution >= 4 is 11.8 Å². The van der Waals surface area contributed by atoms with Crippen LogP contribution >= 0.6 is 0 Å². The molecule has 2 aromatic rings. The highest BCUT2D eigenvalue weighted by Gasteiger charge is 2.17. The van der Waals surface area contributed by atoms with Gasteiger partial charge in [-0.25, -0.2) is 4.79 Å². The number of rotatable bonds is 6. The molecule has 4 heteroatoms. The average Bonchev–Trinajstić information content (AvgIpc) is 2.52. The predicted octanol–water partition coefficient (Wildman–Crippen LogP) is 3.40. The van der Waals surface area contributed by atoms with Crippen LogP contribution in [-0.2, 0) is 0 Å². The summed E-state index contributed by atoms with van der Waals surface area (Å²) in [6.07, 6.45) is 0.909. The van der Waals surface area contributed by atoms with Crippen molar-refractivity contribution in [1.82, 2.24) is 0 Å². The molecule has 0 radical (unpaired) electrons. The van der Waals surface area contributed by atoms with Crippen LogP contribution in [0.2, 0.25) is 0 Å². The number of carboxylic acids is 1. The minimum atomic E-state index is -1.11.